The Hall–Kier alpha value is -3.07. The fourth-order valence-corrected chi connectivity index (χ4v) is 4.49. The van der Waals surface area contributed by atoms with Crippen molar-refractivity contribution in [2.75, 3.05) is 39.4 Å². The molecule has 2 aromatic heterocycles. The molecule has 8 heteroatoms. The van der Waals surface area contributed by atoms with Crippen LogP contribution in [0.1, 0.15) is 10.4 Å². The molecular weight excluding hydrogens is 412 g/mol. The van der Waals surface area contributed by atoms with Gasteiger partial charge in [-0.25, -0.2) is 9.97 Å². The molecule has 31 heavy (non-hydrogen) atoms. The fourth-order valence-electron chi connectivity index (χ4n) is 3.72. The molecule has 2 aromatic carbocycles. The third-order valence-corrected chi connectivity index (χ3v) is 6.23. The Bertz CT molecular complexity index is 1220. The first-order valence-electron chi connectivity index (χ1n) is 10.2. The summed E-state index contributed by atoms with van der Waals surface area (Å²) in [7, 11) is 0. The van der Waals surface area contributed by atoms with E-state index < -0.39 is 0 Å². The van der Waals surface area contributed by atoms with Gasteiger partial charge in [0, 0.05) is 31.7 Å². The third kappa shape index (κ3) is 4.36. The highest BCUT2D eigenvalue weighted by molar-refractivity contribution is 7.17. The van der Waals surface area contributed by atoms with Gasteiger partial charge in [-0.05, 0) is 46.5 Å². The van der Waals surface area contributed by atoms with E-state index in [4.69, 9.17) is 9.47 Å². The van der Waals surface area contributed by atoms with E-state index >= 15 is 0 Å². The molecule has 3 heterocycles. The van der Waals surface area contributed by atoms with Crippen molar-refractivity contribution < 1.29 is 14.3 Å². The highest BCUT2D eigenvalue weighted by atomic mass is 32.1. The van der Waals surface area contributed by atoms with E-state index in [1.54, 1.807) is 11.3 Å². The summed E-state index contributed by atoms with van der Waals surface area (Å²) in [6, 6.07) is 13.4. The Morgan fingerprint density at radius 1 is 1.16 bits per heavy atom. The minimum atomic E-state index is -0.0661. The number of rotatable bonds is 6. The second-order valence-corrected chi connectivity index (χ2v) is 8.23. The van der Waals surface area contributed by atoms with E-state index in [0.29, 0.717) is 23.7 Å². The SMILES string of the molecule is O=C(NCCN1CCOCC1)c1cccc2cc(Oc3ncnc4ccsc34)ccc12. The number of aromatic nitrogens is 2. The summed E-state index contributed by atoms with van der Waals surface area (Å²) in [4.78, 5) is 23.6. The molecule has 0 bridgehead atoms. The summed E-state index contributed by atoms with van der Waals surface area (Å²) in [5.41, 5.74) is 1.53. The number of nitrogens with zero attached hydrogens (tertiary/aromatic N) is 3. The van der Waals surface area contributed by atoms with Crippen LogP contribution >= 0.6 is 11.3 Å². The number of carbonyl (C=O) groups is 1. The molecule has 1 amide bonds. The lowest BCUT2D eigenvalue weighted by atomic mass is 10.0. The first-order chi connectivity index (χ1) is 15.3. The van der Waals surface area contributed by atoms with Crippen molar-refractivity contribution in [2.45, 2.75) is 0 Å². The van der Waals surface area contributed by atoms with Gasteiger partial charge < -0.3 is 14.8 Å². The van der Waals surface area contributed by atoms with Crippen LogP contribution in [0.5, 0.6) is 11.6 Å². The van der Waals surface area contributed by atoms with Crippen LogP contribution < -0.4 is 10.1 Å². The Labute approximate surface area is 183 Å². The number of amides is 1. The van der Waals surface area contributed by atoms with E-state index in [1.165, 1.54) is 6.33 Å². The van der Waals surface area contributed by atoms with Gasteiger partial charge in [0.25, 0.3) is 5.91 Å². The molecule has 1 saturated heterocycles. The maximum absolute atomic E-state index is 12.8. The lowest BCUT2D eigenvalue weighted by Crippen LogP contribution is -2.41. The zero-order valence-corrected chi connectivity index (χ0v) is 17.7. The number of morpholine rings is 1. The topological polar surface area (TPSA) is 76.6 Å². The fraction of sp³-hybridized carbons (Fsp3) is 0.261. The maximum atomic E-state index is 12.8. The van der Waals surface area contributed by atoms with E-state index in [-0.39, 0.29) is 5.91 Å². The van der Waals surface area contributed by atoms with Gasteiger partial charge in [-0.2, -0.15) is 0 Å². The second kappa shape index (κ2) is 8.97. The van der Waals surface area contributed by atoms with Crippen LogP contribution in [0.4, 0.5) is 0 Å². The Balaban J connectivity index is 1.31. The number of thiophene rings is 1. The second-order valence-electron chi connectivity index (χ2n) is 7.31. The average molecular weight is 435 g/mol. The van der Waals surface area contributed by atoms with Gasteiger partial charge in [0.05, 0.1) is 18.7 Å². The first kappa shape index (κ1) is 19.9. The molecule has 0 saturated carbocycles. The number of carbonyl (C=O) groups excluding carboxylic acids is 1. The van der Waals surface area contributed by atoms with Crippen LogP contribution in [-0.4, -0.2) is 60.2 Å². The van der Waals surface area contributed by atoms with E-state index in [1.807, 2.05) is 47.8 Å². The molecule has 1 N–H and O–H groups in total. The Morgan fingerprint density at radius 3 is 2.97 bits per heavy atom. The summed E-state index contributed by atoms with van der Waals surface area (Å²) in [6.45, 7) is 4.78. The molecule has 5 rings (SSSR count). The van der Waals surface area contributed by atoms with Gasteiger partial charge in [0.2, 0.25) is 5.88 Å². The van der Waals surface area contributed by atoms with Crippen LogP contribution in [0.25, 0.3) is 21.0 Å². The minimum Gasteiger partial charge on any atom is -0.437 e. The molecule has 0 aliphatic carbocycles. The summed E-state index contributed by atoms with van der Waals surface area (Å²) < 4.78 is 12.3. The van der Waals surface area contributed by atoms with Crippen molar-refractivity contribution in [1.82, 2.24) is 20.2 Å². The summed E-state index contributed by atoms with van der Waals surface area (Å²) in [5, 5.41) is 6.84. The highest BCUT2D eigenvalue weighted by Gasteiger charge is 2.14. The molecule has 158 valence electrons. The Morgan fingerprint density at radius 2 is 2.06 bits per heavy atom. The third-order valence-electron chi connectivity index (χ3n) is 5.34. The van der Waals surface area contributed by atoms with E-state index in [0.717, 1.165) is 53.8 Å². The van der Waals surface area contributed by atoms with Gasteiger partial charge in [-0.1, -0.05) is 12.1 Å². The summed E-state index contributed by atoms with van der Waals surface area (Å²) >= 11 is 1.55. The standard InChI is InChI=1S/C23H22N4O3S/c28-22(24-7-8-27-9-11-29-12-10-27)19-3-1-2-16-14-17(4-5-18(16)19)30-23-21-20(6-13-31-21)25-15-26-23/h1-6,13-15H,7-12H2,(H,24,28). The van der Waals surface area contributed by atoms with E-state index in [2.05, 4.69) is 20.2 Å². The quantitative estimate of drug-likeness (QED) is 0.499. The molecule has 1 aliphatic rings. The van der Waals surface area contributed by atoms with Crippen molar-refractivity contribution in [1.29, 1.82) is 0 Å². The monoisotopic (exact) mass is 434 g/mol. The van der Waals surface area contributed by atoms with Gasteiger partial charge >= 0.3 is 0 Å². The van der Waals surface area contributed by atoms with Crippen molar-refractivity contribution in [3.8, 4) is 11.6 Å². The van der Waals surface area contributed by atoms with Crippen molar-refractivity contribution in [2.24, 2.45) is 0 Å². The average Bonchev–Trinajstić information content (AvgIpc) is 3.29. The minimum absolute atomic E-state index is 0.0661. The van der Waals surface area contributed by atoms with Gasteiger partial charge in [-0.15, -0.1) is 11.3 Å². The predicted molar refractivity (Wildman–Crippen MR) is 121 cm³/mol. The van der Waals surface area contributed by atoms with Crippen molar-refractivity contribution in [3.05, 3.63) is 59.7 Å². The number of nitrogens with one attached hydrogen (secondary N) is 1. The van der Waals surface area contributed by atoms with Crippen LogP contribution in [0.15, 0.2) is 54.2 Å². The number of fused-ring (bicyclic) bond motifs is 2. The van der Waals surface area contributed by atoms with Crippen LogP contribution in [0, 0.1) is 0 Å². The number of hydrogen-bond acceptors (Lipinski definition) is 7. The van der Waals surface area contributed by atoms with Gasteiger partial charge in [-0.3, -0.25) is 9.69 Å². The molecule has 0 atom stereocenters. The van der Waals surface area contributed by atoms with Crippen molar-refractivity contribution in [3.63, 3.8) is 0 Å². The molecule has 1 aliphatic heterocycles. The van der Waals surface area contributed by atoms with Crippen LogP contribution in [-0.2, 0) is 4.74 Å². The maximum Gasteiger partial charge on any atom is 0.251 e. The molecule has 1 fully saturated rings. The first-order valence-corrected chi connectivity index (χ1v) is 11.1. The smallest absolute Gasteiger partial charge is 0.251 e. The van der Waals surface area contributed by atoms with Gasteiger partial charge in [0.1, 0.15) is 16.8 Å². The molecule has 0 spiro atoms. The lowest BCUT2D eigenvalue weighted by Gasteiger charge is -2.26. The molecular formula is C23H22N4O3S. The highest BCUT2D eigenvalue weighted by Crippen LogP contribution is 2.32. The van der Waals surface area contributed by atoms with Gasteiger partial charge in [0.15, 0.2) is 0 Å². The van der Waals surface area contributed by atoms with E-state index in [9.17, 15) is 4.79 Å². The normalized spacial score (nSPS) is 14.7. The predicted octanol–water partition coefficient (Wildman–Crippen LogP) is 3.70. The lowest BCUT2D eigenvalue weighted by molar-refractivity contribution is 0.0383. The number of hydrogen-bond donors (Lipinski definition) is 1. The number of benzene rings is 2. The summed E-state index contributed by atoms with van der Waals surface area (Å²) in [6.07, 6.45) is 1.50. The molecule has 0 radical (unpaired) electrons. The number of ether oxygens (including phenoxy) is 2. The largest absolute Gasteiger partial charge is 0.437 e. The zero-order valence-electron chi connectivity index (χ0n) is 16.9. The van der Waals surface area contributed by atoms with Crippen LogP contribution in [0.3, 0.4) is 0 Å². The zero-order chi connectivity index (χ0) is 21.0. The Kier molecular flexibility index (Phi) is 5.75. The summed E-state index contributed by atoms with van der Waals surface area (Å²) in [5.74, 6) is 1.14. The van der Waals surface area contributed by atoms with Crippen molar-refractivity contribution >= 4 is 38.2 Å². The van der Waals surface area contributed by atoms with Crippen LogP contribution in [0.2, 0.25) is 0 Å². The molecule has 0 unspecified atom stereocenters. The molecule has 7 nitrogen and oxygen atoms in total. The molecule has 4 aromatic rings.